The lowest BCUT2D eigenvalue weighted by Crippen LogP contribution is -2.11. The molecular formula is C16H13N3O4. The van der Waals surface area contributed by atoms with Gasteiger partial charge >= 0.3 is 5.69 Å². The maximum atomic E-state index is 11.5. The van der Waals surface area contributed by atoms with Crippen molar-refractivity contribution in [2.24, 2.45) is 4.99 Å². The van der Waals surface area contributed by atoms with Crippen LogP contribution in [0.25, 0.3) is 11.1 Å². The minimum atomic E-state index is -0.466. The van der Waals surface area contributed by atoms with Gasteiger partial charge in [0.05, 0.1) is 29.5 Å². The number of ether oxygens (including phenoxy) is 1. The Labute approximate surface area is 131 Å². The molecule has 1 aliphatic heterocycles. The van der Waals surface area contributed by atoms with Crippen LogP contribution in [-0.4, -0.2) is 22.0 Å². The topological polar surface area (TPSA) is 89.9 Å². The van der Waals surface area contributed by atoms with Crippen molar-refractivity contribution in [2.45, 2.75) is 0 Å². The highest BCUT2D eigenvalue weighted by Crippen LogP contribution is 2.28. The van der Waals surface area contributed by atoms with Crippen LogP contribution in [0.15, 0.2) is 59.9 Å². The third kappa shape index (κ3) is 2.84. The van der Waals surface area contributed by atoms with Gasteiger partial charge in [-0.3, -0.25) is 10.1 Å². The van der Waals surface area contributed by atoms with Gasteiger partial charge in [0.2, 0.25) is 0 Å². The van der Waals surface area contributed by atoms with Crippen molar-refractivity contribution in [2.75, 3.05) is 7.11 Å². The van der Waals surface area contributed by atoms with Gasteiger partial charge in [-0.05, 0) is 36.4 Å². The number of hydrogen-bond acceptors (Lipinski definition) is 5. The second-order valence-electron chi connectivity index (χ2n) is 4.83. The normalized spacial score (nSPS) is 11.6. The molecule has 1 aromatic carbocycles. The average molecular weight is 311 g/mol. The fourth-order valence-corrected chi connectivity index (χ4v) is 2.31. The van der Waals surface area contributed by atoms with Crippen molar-refractivity contribution in [3.63, 3.8) is 0 Å². The van der Waals surface area contributed by atoms with Crippen LogP contribution in [-0.2, 0) is 0 Å². The third-order valence-corrected chi connectivity index (χ3v) is 3.40. The number of rotatable bonds is 3. The van der Waals surface area contributed by atoms with E-state index in [0.717, 1.165) is 4.73 Å². The summed E-state index contributed by atoms with van der Waals surface area (Å²) in [6.45, 7) is 0. The van der Waals surface area contributed by atoms with Crippen molar-refractivity contribution < 1.29 is 14.9 Å². The second kappa shape index (κ2) is 5.80. The summed E-state index contributed by atoms with van der Waals surface area (Å²) in [6.07, 6.45) is 2.74. The number of hydrogen-bond donors (Lipinski definition) is 1. The van der Waals surface area contributed by atoms with E-state index in [1.165, 1.54) is 18.5 Å². The Morgan fingerprint density at radius 1 is 1.17 bits per heavy atom. The van der Waals surface area contributed by atoms with Gasteiger partial charge < -0.3 is 9.94 Å². The van der Waals surface area contributed by atoms with Crippen LogP contribution in [0.1, 0.15) is 0 Å². The van der Waals surface area contributed by atoms with Crippen LogP contribution in [0.5, 0.6) is 5.75 Å². The molecule has 0 spiro atoms. The summed E-state index contributed by atoms with van der Waals surface area (Å²) in [5, 5.41) is 21.1. The minimum Gasteiger partial charge on any atom is -0.497 e. The van der Waals surface area contributed by atoms with Crippen molar-refractivity contribution in [1.29, 1.82) is 0 Å². The zero-order valence-electron chi connectivity index (χ0n) is 12.2. The molecule has 7 heteroatoms. The molecular weight excluding hydrogens is 298 g/mol. The monoisotopic (exact) mass is 311 g/mol. The van der Waals surface area contributed by atoms with Gasteiger partial charge in [0, 0.05) is 11.8 Å². The molecule has 0 amide bonds. The first-order chi connectivity index (χ1) is 11.1. The maximum absolute atomic E-state index is 11.5. The SMILES string of the molecule is COc1ccc(N=c2ccc3cn(O)ccc-3c2[N+](=O)[O-])cc1. The number of nitro benzene ring substituents is 1. The Morgan fingerprint density at radius 2 is 1.91 bits per heavy atom. The van der Waals surface area contributed by atoms with Gasteiger partial charge in [-0.2, -0.15) is 0 Å². The van der Waals surface area contributed by atoms with E-state index in [2.05, 4.69) is 4.99 Å². The molecule has 7 nitrogen and oxygen atoms in total. The van der Waals surface area contributed by atoms with Crippen LogP contribution in [0.4, 0.5) is 11.4 Å². The quantitative estimate of drug-likeness (QED) is 0.457. The van der Waals surface area contributed by atoms with Crippen molar-refractivity contribution in [3.8, 4) is 16.9 Å². The van der Waals surface area contributed by atoms with Gasteiger partial charge in [0.15, 0.2) is 0 Å². The molecule has 0 saturated heterocycles. The van der Waals surface area contributed by atoms with E-state index in [-0.39, 0.29) is 11.0 Å². The molecule has 0 fully saturated rings. The Kier molecular flexibility index (Phi) is 3.68. The van der Waals surface area contributed by atoms with E-state index in [9.17, 15) is 15.3 Å². The molecule has 1 N–H and O–H groups in total. The summed E-state index contributed by atoms with van der Waals surface area (Å²) in [4.78, 5) is 15.3. The Morgan fingerprint density at radius 3 is 2.57 bits per heavy atom. The van der Waals surface area contributed by atoms with E-state index >= 15 is 0 Å². The number of pyridine rings is 1. The lowest BCUT2D eigenvalue weighted by Gasteiger charge is -2.07. The van der Waals surface area contributed by atoms with E-state index in [4.69, 9.17) is 4.74 Å². The van der Waals surface area contributed by atoms with E-state index in [1.54, 1.807) is 43.5 Å². The first-order valence-corrected chi connectivity index (χ1v) is 6.76. The molecule has 0 bridgehead atoms. The zero-order chi connectivity index (χ0) is 16.4. The number of aromatic nitrogens is 1. The fourth-order valence-electron chi connectivity index (χ4n) is 2.31. The molecule has 2 aliphatic rings. The summed E-state index contributed by atoms with van der Waals surface area (Å²) < 4.78 is 5.93. The first kappa shape index (κ1) is 14.6. The fraction of sp³-hybridized carbons (Fsp3) is 0.0625. The molecule has 3 rings (SSSR count). The van der Waals surface area contributed by atoms with Crippen LogP contribution in [0, 0.1) is 10.1 Å². The highest BCUT2D eigenvalue weighted by Gasteiger charge is 2.20. The molecule has 0 atom stereocenters. The number of nitrogens with zero attached hydrogens (tertiary/aromatic N) is 3. The Balaban J connectivity index is 2.22. The van der Waals surface area contributed by atoms with Crippen molar-refractivity contribution >= 4 is 11.4 Å². The van der Waals surface area contributed by atoms with Gasteiger partial charge in [0.1, 0.15) is 11.1 Å². The second-order valence-corrected chi connectivity index (χ2v) is 4.83. The molecule has 0 unspecified atom stereocenters. The molecule has 0 aromatic heterocycles. The predicted molar refractivity (Wildman–Crippen MR) is 83.1 cm³/mol. The summed E-state index contributed by atoms with van der Waals surface area (Å²) in [6, 6.07) is 11.6. The van der Waals surface area contributed by atoms with Gasteiger partial charge in [-0.1, -0.05) is 6.07 Å². The lowest BCUT2D eigenvalue weighted by molar-refractivity contribution is -0.385. The average Bonchev–Trinajstić information content (AvgIpc) is 2.55. The highest BCUT2D eigenvalue weighted by molar-refractivity contribution is 5.73. The molecule has 1 aromatic rings. The molecule has 23 heavy (non-hydrogen) atoms. The Hall–Kier alpha value is -3.35. The third-order valence-electron chi connectivity index (χ3n) is 3.40. The molecule has 0 radical (unpaired) electrons. The maximum Gasteiger partial charge on any atom is 0.302 e. The standard InChI is InChI=1S/C16H13N3O4/c1-23-13-5-3-12(4-6-13)17-15-7-2-11-10-18(20)9-8-14(11)16(15)19(21)22/h2-10,20H,1H3. The summed E-state index contributed by atoms with van der Waals surface area (Å²) in [7, 11) is 1.56. The minimum absolute atomic E-state index is 0.0982. The van der Waals surface area contributed by atoms with E-state index < -0.39 is 4.92 Å². The molecule has 1 aliphatic carbocycles. The summed E-state index contributed by atoms with van der Waals surface area (Å²) in [5.41, 5.74) is 1.45. The van der Waals surface area contributed by atoms with Crippen LogP contribution in [0.3, 0.4) is 0 Å². The van der Waals surface area contributed by atoms with Crippen LogP contribution < -0.4 is 10.1 Å². The summed E-state index contributed by atoms with van der Waals surface area (Å²) in [5.74, 6) is 0.685. The number of methoxy groups -OCH3 is 1. The van der Waals surface area contributed by atoms with E-state index in [0.29, 0.717) is 22.6 Å². The smallest absolute Gasteiger partial charge is 0.302 e. The molecule has 1 heterocycles. The number of nitro groups is 1. The van der Waals surface area contributed by atoms with Gasteiger partial charge in [-0.15, -0.1) is 0 Å². The predicted octanol–water partition coefficient (Wildman–Crippen LogP) is 2.98. The van der Waals surface area contributed by atoms with Crippen LogP contribution >= 0.6 is 0 Å². The van der Waals surface area contributed by atoms with Gasteiger partial charge in [0.25, 0.3) is 0 Å². The first-order valence-electron chi connectivity index (χ1n) is 6.76. The van der Waals surface area contributed by atoms with Crippen molar-refractivity contribution in [1.82, 2.24) is 4.73 Å². The van der Waals surface area contributed by atoms with E-state index in [1.807, 2.05) is 0 Å². The highest BCUT2D eigenvalue weighted by atomic mass is 16.6. The molecule has 0 saturated carbocycles. The molecule has 116 valence electrons. The number of fused-ring (bicyclic) bond motifs is 1. The number of benzene rings is 2. The Bertz CT molecular complexity index is 900. The summed E-state index contributed by atoms with van der Waals surface area (Å²) >= 11 is 0. The lowest BCUT2D eigenvalue weighted by atomic mass is 10.0. The van der Waals surface area contributed by atoms with Crippen molar-refractivity contribution in [3.05, 3.63) is 70.3 Å². The van der Waals surface area contributed by atoms with Crippen LogP contribution in [0.2, 0.25) is 0 Å². The van der Waals surface area contributed by atoms with Gasteiger partial charge in [-0.25, -0.2) is 9.72 Å². The zero-order valence-corrected chi connectivity index (χ0v) is 12.2. The largest absolute Gasteiger partial charge is 0.497 e.